The second-order valence-corrected chi connectivity index (χ2v) is 11.0. The molecule has 6 nitrogen and oxygen atoms in total. The minimum Gasteiger partial charge on any atom is -0.393 e. The van der Waals surface area contributed by atoms with Gasteiger partial charge in [-0.1, -0.05) is 26.2 Å². The van der Waals surface area contributed by atoms with E-state index in [4.69, 9.17) is 16.6 Å². The van der Waals surface area contributed by atoms with E-state index in [1.54, 1.807) is 0 Å². The fourth-order valence-electron chi connectivity index (χ4n) is 5.98. The maximum absolute atomic E-state index is 9.91. The molecule has 0 aromatic rings. The van der Waals surface area contributed by atoms with Gasteiger partial charge in [-0.3, -0.25) is 15.3 Å². The lowest BCUT2D eigenvalue weighted by Crippen LogP contribution is -2.53. The predicted molar refractivity (Wildman–Crippen MR) is 129 cm³/mol. The minimum absolute atomic E-state index is 0.0796. The lowest BCUT2D eigenvalue weighted by molar-refractivity contribution is 0.0870. The molecule has 0 radical (unpaired) electrons. The molecule has 0 aromatic heterocycles. The van der Waals surface area contributed by atoms with Crippen LogP contribution in [0, 0.1) is 17.8 Å². The quantitative estimate of drug-likeness (QED) is 0.436. The largest absolute Gasteiger partial charge is 0.393 e. The van der Waals surface area contributed by atoms with Gasteiger partial charge in [-0.25, -0.2) is 0 Å². The van der Waals surface area contributed by atoms with E-state index < -0.39 is 0 Å². The Labute approximate surface area is 193 Å². The van der Waals surface area contributed by atoms with Crippen LogP contribution in [0.15, 0.2) is 10.1 Å². The van der Waals surface area contributed by atoms with Gasteiger partial charge >= 0.3 is 0 Å². The van der Waals surface area contributed by atoms with Crippen LogP contribution in [-0.4, -0.2) is 77.4 Å². The summed E-state index contributed by atoms with van der Waals surface area (Å²) in [6.45, 7) is 5.39. The van der Waals surface area contributed by atoms with Crippen LogP contribution in [0.1, 0.15) is 71.1 Å². The molecule has 7 unspecified atom stereocenters. The van der Waals surface area contributed by atoms with Crippen molar-refractivity contribution in [3.63, 3.8) is 0 Å². The summed E-state index contributed by atoms with van der Waals surface area (Å²) in [5.74, 6) is 1.44. The van der Waals surface area contributed by atoms with Gasteiger partial charge in [-0.05, 0) is 64.6 Å². The Morgan fingerprint density at radius 2 is 2.06 bits per heavy atom. The van der Waals surface area contributed by atoms with E-state index in [0.29, 0.717) is 17.8 Å². The molecule has 2 aliphatic heterocycles. The first-order valence-electron chi connectivity index (χ1n) is 12.6. The third-order valence-corrected chi connectivity index (χ3v) is 8.25. The van der Waals surface area contributed by atoms with Crippen LogP contribution in [0.3, 0.4) is 0 Å². The first-order chi connectivity index (χ1) is 15.0. The lowest BCUT2D eigenvalue weighted by Gasteiger charge is -2.40. The summed E-state index contributed by atoms with van der Waals surface area (Å²) in [4.78, 5) is 7.58. The van der Waals surface area contributed by atoms with Crippen molar-refractivity contribution in [2.24, 2.45) is 27.8 Å². The van der Waals surface area contributed by atoms with E-state index in [-0.39, 0.29) is 23.8 Å². The molecule has 2 saturated carbocycles. The fraction of sp³-hybridized carbons (Fsp3) is 0.917. The van der Waals surface area contributed by atoms with Crippen LogP contribution in [0.5, 0.6) is 0 Å². The second kappa shape index (κ2) is 11.0. The van der Waals surface area contributed by atoms with Crippen molar-refractivity contribution in [3.8, 4) is 0 Å². The van der Waals surface area contributed by atoms with Gasteiger partial charge in [0, 0.05) is 42.1 Å². The van der Waals surface area contributed by atoms with Crippen LogP contribution < -0.4 is 5.32 Å². The molecular weight excluding hydrogens is 410 g/mol. The average molecular weight is 452 g/mol. The van der Waals surface area contributed by atoms with Crippen molar-refractivity contribution in [1.82, 2.24) is 15.2 Å². The Morgan fingerprint density at radius 3 is 2.87 bits per heavy atom. The van der Waals surface area contributed by atoms with Gasteiger partial charge in [0.15, 0.2) is 0 Å². The van der Waals surface area contributed by atoms with Crippen LogP contribution in [0.2, 0.25) is 0 Å². The number of aliphatic imine (C=N–C) groups is 1. The summed E-state index contributed by atoms with van der Waals surface area (Å²) in [6, 6.07) is 0. The number of alkyl halides is 1. The summed E-state index contributed by atoms with van der Waals surface area (Å²) in [5.41, 5.74) is 1.32. The number of aliphatic hydroxyl groups is 1. The summed E-state index contributed by atoms with van der Waals surface area (Å²) >= 11 is 6.73. The highest BCUT2D eigenvalue weighted by molar-refractivity contribution is 6.22. The molecule has 7 heteroatoms. The molecule has 0 spiro atoms. The molecule has 2 N–H and O–H groups in total. The van der Waals surface area contributed by atoms with Crippen molar-refractivity contribution in [2.75, 3.05) is 26.7 Å². The normalized spacial score (nSPS) is 38.4. The number of halogens is 1. The van der Waals surface area contributed by atoms with Gasteiger partial charge in [-0.2, -0.15) is 5.10 Å². The molecule has 0 amide bonds. The van der Waals surface area contributed by atoms with Gasteiger partial charge in [0.05, 0.1) is 6.10 Å². The molecule has 176 valence electrons. The summed E-state index contributed by atoms with van der Waals surface area (Å²) in [7, 11) is 2.22. The topological polar surface area (TPSA) is 63.5 Å². The fourth-order valence-corrected chi connectivity index (χ4v) is 6.40. The van der Waals surface area contributed by atoms with Gasteiger partial charge in [0.25, 0.3) is 0 Å². The standard InChI is InChI=1S/C24H42ClN5O/c1-17-15-27-30-23(14-22(28-24(17)30)20-9-3-4-10-21(20)25)26-11-6-12-29(2)16-18-7-5-8-19(31)13-18/h15,17-21,23-24,26,31H,3-14,16H2,1-2H3. The maximum atomic E-state index is 9.91. The van der Waals surface area contributed by atoms with Gasteiger partial charge < -0.3 is 10.0 Å². The number of aliphatic hydroxyl groups excluding tert-OH is 1. The molecule has 0 bridgehead atoms. The Kier molecular flexibility index (Phi) is 8.29. The zero-order chi connectivity index (χ0) is 21.8. The Balaban J connectivity index is 1.25. The second-order valence-electron chi connectivity index (χ2n) is 10.4. The minimum atomic E-state index is -0.0796. The summed E-state index contributed by atoms with van der Waals surface area (Å²) in [5, 5.41) is 20.8. The Morgan fingerprint density at radius 1 is 1.23 bits per heavy atom. The van der Waals surface area contributed by atoms with Crippen LogP contribution in [0.25, 0.3) is 0 Å². The number of nitrogens with one attached hydrogen (secondary N) is 1. The molecule has 4 rings (SSSR count). The van der Waals surface area contributed by atoms with Crippen molar-refractivity contribution in [3.05, 3.63) is 0 Å². The van der Waals surface area contributed by atoms with Gasteiger partial charge in [0.2, 0.25) is 0 Å². The molecule has 7 atom stereocenters. The number of hydrogen-bond acceptors (Lipinski definition) is 6. The number of nitrogens with zero attached hydrogens (tertiary/aromatic N) is 4. The molecule has 2 heterocycles. The van der Waals surface area contributed by atoms with Crippen molar-refractivity contribution in [1.29, 1.82) is 0 Å². The highest BCUT2D eigenvalue weighted by atomic mass is 35.5. The van der Waals surface area contributed by atoms with Crippen molar-refractivity contribution in [2.45, 2.75) is 94.9 Å². The predicted octanol–water partition coefficient (Wildman–Crippen LogP) is 3.68. The first-order valence-corrected chi connectivity index (χ1v) is 13.1. The highest BCUT2D eigenvalue weighted by Crippen LogP contribution is 2.35. The van der Waals surface area contributed by atoms with Crippen molar-refractivity contribution >= 4 is 23.5 Å². The van der Waals surface area contributed by atoms with E-state index in [9.17, 15) is 5.11 Å². The van der Waals surface area contributed by atoms with E-state index >= 15 is 0 Å². The van der Waals surface area contributed by atoms with Crippen molar-refractivity contribution < 1.29 is 5.11 Å². The smallest absolute Gasteiger partial charge is 0.146 e. The van der Waals surface area contributed by atoms with E-state index in [1.807, 2.05) is 0 Å². The zero-order valence-corrected chi connectivity index (χ0v) is 20.2. The zero-order valence-electron chi connectivity index (χ0n) is 19.4. The van der Waals surface area contributed by atoms with E-state index in [0.717, 1.165) is 51.7 Å². The molecule has 0 aromatic carbocycles. The Bertz CT molecular complexity index is 643. The summed E-state index contributed by atoms with van der Waals surface area (Å²) < 4.78 is 0. The van der Waals surface area contributed by atoms with E-state index in [1.165, 1.54) is 37.8 Å². The monoisotopic (exact) mass is 451 g/mol. The van der Waals surface area contributed by atoms with E-state index in [2.05, 4.69) is 40.5 Å². The molecule has 2 aliphatic carbocycles. The third-order valence-electron chi connectivity index (χ3n) is 7.73. The van der Waals surface area contributed by atoms with Crippen LogP contribution in [0.4, 0.5) is 0 Å². The molecule has 0 saturated heterocycles. The Hall–Kier alpha value is -0.690. The average Bonchev–Trinajstić information content (AvgIpc) is 3.12. The summed E-state index contributed by atoms with van der Waals surface area (Å²) in [6.07, 6.45) is 13.6. The molecule has 4 aliphatic rings. The first kappa shape index (κ1) is 23.5. The molecule has 31 heavy (non-hydrogen) atoms. The third kappa shape index (κ3) is 6.01. The number of hydrazone groups is 1. The maximum Gasteiger partial charge on any atom is 0.146 e. The highest BCUT2D eigenvalue weighted by Gasteiger charge is 2.40. The van der Waals surface area contributed by atoms with Gasteiger partial charge in [-0.15, -0.1) is 11.6 Å². The SMILES string of the molecule is CC1C=NN2C(NCCCN(C)CC3CCCC(O)C3)CC(C3CCCCC3Cl)=NC12. The number of rotatable bonds is 8. The number of hydrogen-bond donors (Lipinski definition) is 2. The molecular formula is C24H42ClN5O. The number of fused-ring (bicyclic) bond motifs is 1. The van der Waals surface area contributed by atoms with Crippen LogP contribution >= 0.6 is 11.6 Å². The molecule has 2 fully saturated rings. The lowest BCUT2D eigenvalue weighted by atomic mass is 9.83. The van der Waals surface area contributed by atoms with Crippen LogP contribution in [-0.2, 0) is 0 Å². The van der Waals surface area contributed by atoms with Gasteiger partial charge in [0.1, 0.15) is 12.3 Å².